The topological polar surface area (TPSA) is 26.3 Å². The minimum atomic E-state index is -0.664. The molecule has 98 valence electrons. The summed E-state index contributed by atoms with van der Waals surface area (Å²) in [6.45, 7) is 0.663. The van der Waals surface area contributed by atoms with Gasteiger partial charge in [0.05, 0.1) is 11.5 Å². The van der Waals surface area contributed by atoms with E-state index < -0.39 is 10.8 Å². The summed E-state index contributed by atoms with van der Waals surface area (Å²) in [5, 5.41) is 0.272. The summed E-state index contributed by atoms with van der Waals surface area (Å²) in [6.07, 6.45) is 13.0. The van der Waals surface area contributed by atoms with E-state index in [4.69, 9.17) is 4.74 Å². The molecule has 1 heterocycles. The van der Waals surface area contributed by atoms with Crippen molar-refractivity contribution in [2.75, 3.05) is 12.4 Å². The highest BCUT2D eigenvalue weighted by Crippen LogP contribution is 2.24. The van der Waals surface area contributed by atoms with Crippen LogP contribution < -0.4 is 0 Å². The van der Waals surface area contributed by atoms with Crippen LogP contribution in [0.5, 0.6) is 0 Å². The van der Waals surface area contributed by atoms with Gasteiger partial charge in [-0.15, -0.1) is 0 Å². The highest BCUT2D eigenvalue weighted by molar-refractivity contribution is 7.85. The predicted molar refractivity (Wildman–Crippen MR) is 72.4 cm³/mol. The molecule has 0 amide bonds. The Bertz CT molecular complexity index is 278. The lowest BCUT2D eigenvalue weighted by molar-refractivity contribution is 0.239. The minimum absolute atomic E-state index is 0.272. The second-order valence-corrected chi connectivity index (χ2v) is 7.06. The number of rotatable bonds is 3. The summed E-state index contributed by atoms with van der Waals surface area (Å²) in [7, 11) is -0.664. The number of hydrogen-bond donors (Lipinski definition) is 0. The van der Waals surface area contributed by atoms with Crippen LogP contribution in [-0.2, 0) is 15.5 Å². The van der Waals surface area contributed by atoms with Gasteiger partial charge in [-0.1, -0.05) is 19.3 Å². The average molecular weight is 256 g/mol. The van der Waals surface area contributed by atoms with Crippen molar-refractivity contribution in [1.82, 2.24) is 0 Å². The van der Waals surface area contributed by atoms with E-state index in [2.05, 4.69) is 0 Å². The summed E-state index contributed by atoms with van der Waals surface area (Å²) in [5.41, 5.74) is 1.45. The first-order valence-electron chi connectivity index (χ1n) is 7.03. The standard InChI is InChI=1S/C14H24O2S/c15-17-10-6-2-1-3-9-14(17)12-16-11-13-7-4-5-8-13/h11,14H,1-10,12H2. The van der Waals surface area contributed by atoms with Crippen LogP contribution in [0.15, 0.2) is 11.8 Å². The number of hydrogen-bond acceptors (Lipinski definition) is 2. The quantitative estimate of drug-likeness (QED) is 0.722. The number of ether oxygens (including phenoxy) is 1. The Balaban J connectivity index is 1.75. The summed E-state index contributed by atoms with van der Waals surface area (Å²) >= 11 is 0. The molecular formula is C14H24O2S. The second kappa shape index (κ2) is 7.20. The summed E-state index contributed by atoms with van der Waals surface area (Å²) < 4.78 is 17.7. The zero-order chi connectivity index (χ0) is 11.9. The van der Waals surface area contributed by atoms with Crippen molar-refractivity contribution in [2.45, 2.75) is 63.0 Å². The lowest BCUT2D eigenvalue weighted by atomic mass is 10.1. The van der Waals surface area contributed by atoms with Crippen molar-refractivity contribution < 1.29 is 8.95 Å². The third-order valence-electron chi connectivity index (χ3n) is 3.77. The van der Waals surface area contributed by atoms with Crippen molar-refractivity contribution in [2.24, 2.45) is 0 Å². The molecule has 0 aromatic heterocycles. The molecule has 0 aromatic rings. The molecule has 2 rings (SSSR count). The van der Waals surface area contributed by atoms with Crippen LogP contribution in [0.2, 0.25) is 0 Å². The van der Waals surface area contributed by atoms with Crippen LogP contribution in [0.25, 0.3) is 0 Å². The number of allylic oxidation sites excluding steroid dienone is 1. The minimum Gasteiger partial charge on any atom is -0.500 e. The molecule has 1 aliphatic heterocycles. The molecule has 0 N–H and O–H groups in total. The molecule has 1 saturated heterocycles. The van der Waals surface area contributed by atoms with E-state index in [1.807, 2.05) is 6.26 Å². The molecule has 0 radical (unpaired) electrons. The Labute approximate surface area is 107 Å². The smallest absolute Gasteiger partial charge is 0.102 e. The van der Waals surface area contributed by atoms with E-state index in [0.717, 1.165) is 18.6 Å². The largest absolute Gasteiger partial charge is 0.500 e. The third kappa shape index (κ3) is 4.46. The van der Waals surface area contributed by atoms with Crippen LogP contribution >= 0.6 is 0 Å². The van der Waals surface area contributed by atoms with E-state index >= 15 is 0 Å². The molecule has 1 saturated carbocycles. The van der Waals surface area contributed by atoms with Gasteiger partial charge in [0, 0.05) is 16.6 Å². The first-order chi connectivity index (χ1) is 8.36. The zero-order valence-electron chi connectivity index (χ0n) is 10.7. The fourth-order valence-electron chi connectivity index (χ4n) is 2.65. The van der Waals surface area contributed by atoms with Gasteiger partial charge in [0.15, 0.2) is 0 Å². The van der Waals surface area contributed by atoms with Gasteiger partial charge in [-0.3, -0.25) is 4.21 Å². The van der Waals surface area contributed by atoms with E-state index in [1.165, 1.54) is 50.5 Å². The highest BCUT2D eigenvalue weighted by Gasteiger charge is 2.18. The van der Waals surface area contributed by atoms with Crippen molar-refractivity contribution >= 4 is 10.8 Å². The molecule has 1 aliphatic carbocycles. The molecule has 0 spiro atoms. The maximum absolute atomic E-state index is 12.0. The maximum atomic E-state index is 12.0. The van der Waals surface area contributed by atoms with Crippen molar-refractivity contribution in [3.8, 4) is 0 Å². The summed E-state index contributed by atoms with van der Waals surface area (Å²) in [5.74, 6) is 0.880. The molecule has 2 unspecified atom stereocenters. The van der Waals surface area contributed by atoms with Gasteiger partial charge in [0.1, 0.15) is 6.61 Å². The maximum Gasteiger partial charge on any atom is 0.102 e. The Morgan fingerprint density at radius 2 is 1.88 bits per heavy atom. The molecule has 0 bridgehead atoms. The molecule has 0 aromatic carbocycles. The molecule has 2 nitrogen and oxygen atoms in total. The molecular weight excluding hydrogens is 232 g/mol. The van der Waals surface area contributed by atoms with E-state index in [9.17, 15) is 4.21 Å². The average Bonchev–Trinajstić information content (AvgIpc) is 2.81. The van der Waals surface area contributed by atoms with Gasteiger partial charge in [-0.05, 0) is 44.1 Å². The van der Waals surface area contributed by atoms with Gasteiger partial charge in [0.2, 0.25) is 0 Å². The van der Waals surface area contributed by atoms with Crippen LogP contribution in [0, 0.1) is 0 Å². The lowest BCUT2D eigenvalue weighted by Crippen LogP contribution is -2.24. The van der Waals surface area contributed by atoms with Crippen LogP contribution in [-0.4, -0.2) is 21.8 Å². The Morgan fingerprint density at radius 3 is 2.71 bits per heavy atom. The van der Waals surface area contributed by atoms with E-state index in [0.29, 0.717) is 6.61 Å². The van der Waals surface area contributed by atoms with Gasteiger partial charge >= 0.3 is 0 Å². The third-order valence-corrected chi connectivity index (χ3v) is 5.58. The highest BCUT2D eigenvalue weighted by atomic mass is 32.2. The Morgan fingerprint density at radius 1 is 1.12 bits per heavy atom. The monoisotopic (exact) mass is 256 g/mol. The van der Waals surface area contributed by atoms with Crippen molar-refractivity contribution in [3.05, 3.63) is 11.8 Å². The predicted octanol–water partition coefficient (Wildman–Crippen LogP) is 3.54. The van der Waals surface area contributed by atoms with Gasteiger partial charge < -0.3 is 4.74 Å². The van der Waals surface area contributed by atoms with Gasteiger partial charge in [0.25, 0.3) is 0 Å². The van der Waals surface area contributed by atoms with Crippen molar-refractivity contribution in [3.63, 3.8) is 0 Å². The SMILES string of the molecule is O=S1CCCCCCC1COC=C1CCCC1. The zero-order valence-corrected chi connectivity index (χ0v) is 11.5. The van der Waals surface area contributed by atoms with Crippen LogP contribution in [0.4, 0.5) is 0 Å². The van der Waals surface area contributed by atoms with E-state index in [1.54, 1.807) is 0 Å². The van der Waals surface area contributed by atoms with Gasteiger partial charge in [-0.25, -0.2) is 0 Å². The summed E-state index contributed by atoms with van der Waals surface area (Å²) in [4.78, 5) is 0. The fourth-order valence-corrected chi connectivity index (χ4v) is 4.13. The fraction of sp³-hybridized carbons (Fsp3) is 0.857. The Hall–Kier alpha value is -0.310. The molecule has 17 heavy (non-hydrogen) atoms. The van der Waals surface area contributed by atoms with Crippen LogP contribution in [0.3, 0.4) is 0 Å². The Kier molecular flexibility index (Phi) is 5.56. The second-order valence-electron chi connectivity index (χ2n) is 5.23. The molecule has 2 aliphatic rings. The first kappa shape index (κ1) is 13.1. The lowest BCUT2D eigenvalue weighted by Gasteiger charge is -2.18. The van der Waals surface area contributed by atoms with Gasteiger partial charge in [-0.2, -0.15) is 0 Å². The molecule has 3 heteroatoms. The molecule has 2 fully saturated rings. The van der Waals surface area contributed by atoms with E-state index in [-0.39, 0.29) is 5.25 Å². The first-order valence-corrected chi connectivity index (χ1v) is 8.41. The van der Waals surface area contributed by atoms with Crippen LogP contribution in [0.1, 0.15) is 57.8 Å². The van der Waals surface area contributed by atoms with Crippen molar-refractivity contribution in [1.29, 1.82) is 0 Å². The normalized spacial score (nSPS) is 30.7. The molecule has 2 atom stereocenters. The summed E-state index contributed by atoms with van der Waals surface area (Å²) in [6, 6.07) is 0.